The summed E-state index contributed by atoms with van der Waals surface area (Å²) in [7, 11) is 1.82. The number of imidazole rings is 1. The van der Waals surface area contributed by atoms with Crippen LogP contribution in [0.15, 0.2) is 30.3 Å². The number of fused-ring (bicyclic) bond motifs is 1. The van der Waals surface area contributed by atoms with Gasteiger partial charge in [0.05, 0.1) is 20.9 Å². The molecule has 2 amide bonds. The molecule has 0 atom stereocenters. The Balaban J connectivity index is 1.32. The second-order valence-electron chi connectivity index (χ2n) is 7.42. The van der Waals surface area contributed by atoms with Crippen molar-refractivity contribution in [2.24, 2.45) is 5.92 Å². The molecule has 0 radical (unpaired) electrons. The number of aromatic amines is 1. The van der Waals surface area contributed by atoms with E-state index >= 15 is 0 Å². The van der Waals surface area contributed by atoms with Gasteiger partial charge in [0.15, 0.2) is 0 Å². The fourth-order valence-electron chi connectivity index (χ4n) is 3.21. The van der Waals surface area contributed by atoms with Crippen molar-refractivity contribution in [2.45, 2.75) is 32.6 Å². The first kappa shape index (κ1) is 18.7. The Bertz CT molecular complexity index is 986. The van der Waals surface area contributed by atoms with Gasteiger partial charge in [0.2, 0.25) is 5.91 Å². The molecule has 3 aromatic rings. The van der Waals surface area contributed by atoms with Gasteiger partial charge < -0.3 is 15.2 Å². The van der Waals surface area contributed by atoms with Gasteiger partial charge in [-0.1, -0.05) is 12.1 Å². The van der Waals surface area contributed by atoms with Gasteiger partial charge in [0.25, 0.3) is 5.91 Å². The van der Waals surface area contributed by atoms with E-state index in [4.69, 9.17) is 0 Å². The smallest absolute Gasteiger partial charge is 0.264 e. The Kier molecular flexibility index (Phi) is 5.17. The number of nitrogens with zero attached hydrogens (tertiary/aromatic N) is 2. The predicted octanol–water partition coefficient (Wildman–Crippen LogP) is 3.99. The summed E-state index contributed by atoms with van der Waals surface area (Å²) in [4.78, 5) is 35.1. The molecule has 0 bridgehead atoms. The summed E-state index contributed by atoms with van der Waals surface area (Å²) in [5.74, 6) is 1.17. The first-order valence-corrected chi connectivity index (χ1v) is 10.4. The molecule has 6 nitrogen and oxygen atoms in total. The van der Waals surface area contributed by atoms with Crippen molar-refractivity contribution in [1.82, 2.24) is 14.9 Å². The average Bonchev–Trinajstić information content (AvgIpc) is 3.35. The Labute approximate surface area is 168 Å². The number of benzene rings is 1. The Morgan fingerprint density at radius 1 is 1.32 bits per heavy atom. The van der Waals surface area contributed by atoms with Crippen LogP contribution in [0.4, 0.5) is 5.00 Å². The standard InChI is InChI=1S/C21H24N4O2S/c1-13-12-18(24-20(26)14-9-10-14)28-19(13)21(27)25(2)11-5-8-17-22-15-6-3-4-7-16(15)23-17/h3-4,6-7,12,14H,5,8-11H2,1-2H3,(H,22,23)(H,24,26). The first-order chi connectivity index (χ1) is 13.5. The van der Waals surface area contributed by atoms with Gasteiger partial charge in [-0.05, 0) is 49.9 Å². The van der Waals surface area contributed by atoms with E-state index in [0.717, 1.165) is 53.1 Å². The summed E-state index contributed by atoms with van der Waals surface area (Å²) in [6.07, 6.45) is 3.56. The molecule has 28 heavy (non-hydrogen) atoms. The highest BCUT2D eigenvalue weighted by molar-refractivity contribution is 7.18. The lowest BCUT2D eigenvalue weighted by atomic mass is 10.2. The van der Waals surface area contributed by atoms with Crippen LogP contribution in [-0.4, -0.2) is 40.3 Å². The van der Waals surface area contributed by atoms with E-state index in [-0.39, 0.29) is 17.7 Å². The molecule has 1 fully saturated rings. The molecule has 1 saturated carbocycles. The lowest BCUT2D eigenvalue weighted by Crippen LogP contribution is -2.27. The molecule has 146 valence electrons. The van der Waals surface area contributed by atoms with Gasteiger partial charge >= 0.3 is 0 Å². The van der Waals surface area contributed by atoms with Crippen LogP contribution in [0, 0.1) is 12.8 Å². The number of nitrogens with one attached hydrogen (secondary N) is 2. The molecule has 1 aromatic carbocycles. The molecule has 4 rings (SSSR count). The Morgan fingerprint density at radius 2 is 2.11 bits per heavy atom. The highest BCUT2D eigenvalue weighted by atomic mass is 32.1. The van der Waals surface area contributed by atoms with E-state index in [0.29, 0.717) is 11.4 Å². The highest BCUT2D eigenvalue weighted by Gasteiger charge is 2.30. The molecule has 0 unspecified atom stereocenters. The number of carbonyl (C=O) groups is 2. The van der Waals surface area contributed by atoms with Crippen molar-refractivity contribution in [3.8, 4) is 0 Å². The van der Waals surface area contributed by atoms with Crippen LogP contribution >= 0.6 is 11.3 Å². The molecular formula is C21H24N4O2S. The van der Waals surface area contributed by atoms with Crippen molar-refractivity contribution in [3.63, 3.8) is 0 Å². The lowest BCUT2D eigenvalue weighted by molar-refractivity contribution is -0.117. The average molecular weight is 397 g/mol. The fourth-order valence-corrected chi connectivity index (χ4v) is 4.28. The van der Waals surface area contributed by atoms with Gasteiger partial charge in [-0.3, -0.25) is 9.59 Å². The van der Waals surface area contributed by atoms with E-state index in [1.807, 2.05) is 44.3 Å². The van der Waals surface area contributed by atoms with Crippen molar-refractivity contribution in [3.05, 3.63) is 46.6 Å². The van der Waals surface area contributed by atoms with Crippen LogP contribution in [0.25, 0.3) is 11.0 Å². The van der Waals surface area contributed by atoms with E-state index < -0.39 is 0 Å². The number of amides is 2. The number of para-hydroxylation sites is 2. The van der Waals surface area contributed by atoms with Gasteiger partial charge in [-0.25, -0.2) is 4.98 Å². The molecular weight excluding hydrogens is 372 g/mol. The second kappa shape index (κ2) is 7.75. The van der Waals surface area contributed by atoms with Gasteiger partial charge in [0, 0.05) is 25.9 Å². The molecule has 0 spiro atoms. The van der Waals surface area contributed by atoms with Gasteiger partial charge in [0.1, 0.15) is 5.82 Å². The summed E-state index contributed by atoms with van der Waals surface area (Å²) >= 11 is 1.36. The zero-order valence-corrected chi connectivity index (χ0v) is 16.9. The summed E-state index contributed by atoms with van der Waals surface area (Å²) in [5.41, 5.74) is 2.92. The molecule has 1 aliphatic carbocycles. The molecule has 7 heteroatoms. The summed E-state index contributed by atoms with van der Waals surface area (Å²) < 4.78 is 0. The van der Waals surface area contributed by atoms with Crippen molar-refractivity contribution in [1.29, 1.82) is 0 Å². The minimum Gasteiger partial charge on any atom is -0.342 e. The van der Waals surface area contributed by atoms with E-state index in [9.17, 15) is 9.59 Å². The lowest BCUT2D eigenvalue weighted by Gasteiger charge is -2.16. The number of hydrogen-bond acceptors (Lipinski definition) is 4. The third-order valence-corrected chi connectivity index (χ3v) is 6.14. The fraction of sp³-hybridized carbons (Fsp3) is 0.381. The van der Waals surface area contributed by atoms with Crippen molar-refractivity contribution in [2.75, 3.05) is 18.9 Å². The number of rotatable bonds is 7. The summed E-state index contributed by atoms with van der Waals surface area (Å²) in [5, 5.41) is 3.69. The number of aryl methyl sites for hydroxylation is 2. The number of carbonyl (C=O) groups excluding carboxylic acids is 2. The number of anilines is 1. The Morgan fingerprint density at radius 3 is 2.86 bits per heavy atom. The van der Waals surface area contributed by atoms with Crippen LogP contribution in [0.5, 0.6) is 0 Å². The minimum atomic E-state index is -0.000901. The van der Waals surface area contributed by atoms with E-state index in [1.54, 1.807) is 4.90 Å². The monoisotopic (exact) mass is 396 g/mol. The number of H-pyrrole nitrogens is 1. The quantitative estimate of drug-likeness (QED) is 0.634. The zero-order chi connectivity index (χ0) is 19.7. The summed E-state index contributed by atoms with van der Waals surface area (Å²) in [6, 6.07) is 9.86. The molecule has 2 heterocycles. The maximum Gasteiger partial charge on any atom is 0.264 e. The van der Waals surface area contributed by atoms with Gasteiger partial charge in [-0.15, -0.1) is 11.3 Å². The molecule has 2 aromatic heterocycles. The zero-order valence-electron chi connectivity index (χ0n) is 16.1. The van der Waals surface area contributed by atoms with Crippen LogP contribution in [0.2, 0.25) is 0 Å². The Hall–Kier alpha value is -2.67. The third-order valence-electron chi connectivity index (χ3n) is 5.00. The van der Waals surface area contributed by atoms with E-state index in [2.05, 4.69) is 15.3 Å². The van der Waals surface area contributed by atoms with Crippen LogP contribution in [0.3, 0.4) is 0 Å². The molecule has 0 aliphatic heterocycles. The number of aromatic nitrogens is 2. The predicted molar refractivity (Wildman–Crippen MR) is 112 cm³/mol. The highest BCUT2D eigenvalue weighted by Crippen LogP contribution is 2.33. The van der Waals surface area contributed by atoms with Crippen molar-refractivity contribution >= 4 is 39.2 Å². The molecule has 1 aliphatic rings. The minimum absolute atomic E-state index is 0.000901. The number of hydrogen-bond donors (Lipinski definition) is 2. The number of thiophene rings is 1. The van der Waals surface area contributed by atoms with Crippen LogP contribution < -0.4 is 5.32 Å². The topological polar surface area (TPSA) is 78.1 Å². The van der Waals surface area contributed by atoms with Crippen LogP contribution in [-0.2, 0) is 11.2 Å². The largest absolute Gasteiger partial charge is 0.342 e. The second-order valence-corrected chi connectivity index (χ2v) is 8.47. The molecule has 2 N–H and O–H groups in total. The SMILES string of the molecule is Cc1cc(NC(=O)C2CC2)sc1C(=O)N(C)CCCc1nc2ccccc2[nH]1. The normalized spacial score (nSPS) is 13.6. The first-order valence-electron chi connectivity index (χ1n) is 9.61. The third kappa shape index (κ3) is 4.09. The maximum absolute atomic E-state index is 12.8. The summed E-state index contributed by atoms with van der Waals surface area (Å²) in [6.45, 7) is 2.57. The maximum atomic E-state index is 12.8. The van der Waals surface area contributed by atoms with Crippen LogP contribution in [0.1, 0.15) is 40.3 Å². The van der Waals surface area contributed by atoms with Gasteiger partial charge in [-0.2, -0.15) is 0 Å². The van der Waals surface area contributed by atoms with E-state index in [1.165, 1.54) is 11.3 Å². The molecule has 0 saturated heterocycles. The van der Waals surface area contributed by atoms with Crippen molar-refractivity contribution < 1.29 is 9.59 Å².